The molecule has 0 aliphatic carbocycles. The van der Waals surface area contributed by atoms with E-state index in [4.69, 9.17) is 9.72 Å². The number of ether oxygens (including phenoxy) is 1. The minimum atomic E-state index is -0.485. The lowest BCUT2D eigenvalue weighted by atomic mass is 10.1. The molecule has 0 fully saturated rings. The van der Waals surface area contributed by atoms with Crippen LogP contribution in [-0.4, -0.2) is 21.8 Å². The first kappa shape index (κ1) is 24.8. The predicted octanol–water partition coefficient (Wildman–Crippen LogP) is 7.00. The van der Waals surface area contributed by atoms with E-state index in [0.717, 1.165) is 20.1 Å². The van der Waals surface area contributed by atoms with Crippen LogP contribution in [0.1, 0.15) is 21.5 Å². The normalized spacial score (nSPS) is 11.2. The van der Waals surface area contributed by atoms with E-state index >= 15 is 0 Å². The van der Waals surface area contributed by atoms with Gasteiger partial charge in [-0.3, -0.25) is 4.79 Å². The molecule has 0 saturated carbocycles. The fourth-order valence-corrected chi connectivity index (χ4v) is 4.42. The van der Waals surface area contributed by atoms with Crippen molar-refractivity contribution in [2.45, 2.75) is 6.92 Å². The number of halogens is 2. The second-order valence-electron chi connectivity index (χ2n) is 8.26. The maximum atomic E-state index is 13.5. The molecule has 0 unspecified atom stereocenters. The van der Waals surface area contributed by atoms with Crippen LogP contribution in [0.15, 0.2) is 110 Å². The molecule has 182 valence electrons. The zero-order chi connectivity index (χ0) is 25.9. The fourth-order valence-electron chi connectivity index (χ4n) is 3.78. The van der Waals surface area contributed by atoms with Gasteiger partial charge in [-0.2, -0.15) is 9.78 Å². The van der Waals surface area contributed by atoms with E-state index in [1.54, 1.807) is 54.6 Å². The molecule has 0 saturated heterocycles. The number of para-hydroxylation sites is 1. The van der Waals surface area contributed by atoms with E-state index in [2.05, 4.69) is 37.0 Å². The molecule has 8 heteroatoms. The second kappa shape index (κ2) is 10.6. The molecule has 6 nitrogen and oxygen atoms in total. The predicted molar refractivity (Wildman–Crippen MR) is 152 cm³/mol. The summed E-state index contributed by atoms with van der Waals surface area (Å²) in [5, 5.41) is 4.96. The van der Waals surface area contributed by atoms with Gasteiger partial charge in [-0.25, -0.2) is 9.78 Å². The molecule has 0 bridgehead atoms. The molecule has 0 aliphatic heterocycles. The summed E-state index contributed by atoms with van der Waals surface area (Å²) in [5.41, 5.74) is 2.90. The van der Waals surface area contributed by atoms with Crippen molar-refractivity contribution in [2.24, 2.45) is 5.10 Å². The third-order valence-electron chi connectivity index (χ3n) is 5.60. The van der Waals surface area contributed by atoms with Crippen LogP contribution in [0.3, 0.4) is 0 Å². The first-order valence-corrected chi connectivity index (χ1v) is 12.9. The van der Waals surface area contributed by atoms with Gasteiger partial charge in [-0.1, -0.05) is 73.8 Å². The monoisotopic (exact) mass is 615 g/mol. The number of benzene rings is 4. The van der Waals surface area contributed by atoms with Crippen LogP contribution in [0.4, 0.5) is 0 Å². The minimum absolute atomic E-state index is 0.311. The van der Waals surface area contributed by atoms with Crippen LogP contribution in [0.25, 0.3) is 22.3 Å². The lowest BCUT2D eigenvalue weighted by Gasteiger charge is -2.11. The first-order valence-electron chi connectivity index (χ1n) is 11.3. The Bertz CT molecular complexity index is 1730. The molecule has 4 aromatic carbocycles. The Morgan fingerprint density at radius 1 is 0.919 bits per heavy atom. The number of fused-ring (bicyclic) bond motifs is 1. The van der Waals surface area contributed by atoms with Crippen molar-refractivity contribution in [3.63, 3.8) is 0 Å². The minimum Gasteiger partial charge on any atom is -0.422 e. The Morgan fingerprint density at radius 3 is 2.46 bits per heavy atom. The molecule has 5 rings (SSSR count). The number of aromatic nitrogens is 2. The summed E-state index contributed by atoms with van der Waals surface area (Å²) in [6, 6.07) is 27.0. The number of rotatable bonds is 5. The average Bonchev–Trinajstić information content (AvgIpc) is 2.90. The third-order valence-corrected chi connectivity index (χ3v) is 6.62. The second-order valence-corrected chi connectivity index (χ2v) is 10.1. The van der Waals surface area contributed by atoms with Gasteiger partial charge < -0.3 is 4.74 Å². The molecule has 1 aromatic heterocycles. The molecule has 37 heavy (non-hydrogen) atoms. The highest BCUT2D eigenvalue weighted by molar-refractivity contribution is 9.10. The van der Waals surface area contributed by atoms with Crippen molar-refractivity contribution in [3.8, 4) is 17.1 Å². The van der Waals surface area contributed by atoms with Gasteiger partial charge in [0.1, 0.15) is 5.75 Å². The summed E-state index contributed by atoms with van der Waals surface area (Å²) < 4.78 is 8.63. The van der Waals surface area contributed by atoms with Crippen LogP contribution in [-0.2, 0) is 0 Å². The number of hydrogen-bond acceptors (Lipinski definition) is 5. The first-order chi connectivity index (χ1) is 17.9. The molecular formula is C29H19Br2N3O3. The lowest BCUT2D eigenvalue weighted by Crippen LogP contribution is -2.20. The van der Waals surface area contributed by atoms with Crippen LogP contribution in [0.2, 0.25) is 0 Å². The number of aryl methyl sites for hydroxylation is 1. The number of hydrogen-bond donors (Lipinski definition) is 0. The third kappa shape index (κ3) is 5.45. The highest BCUT2D eigenvalue weighted by atomic mass is 79.9. The van der Waals surface area contributed by atoms with E-state index < -0.39 is 5.97 Å². The standard InChI is InChI=1S/C29H19Br2N3O3/c1-18-5-4-6-20(15-18)29(36)37-26-14-13-23(31)16-21(26)17-32-34-27(19-9-11-22(30)12-10-19)33-25-8-3-2-7-24(25)28(34)35/h2-17H,1H3. The Morgan fingerprint density at radius 2 is 1.68 bits per heavy atom. The van der Waals surface area contributed by atoms with E-state index in [-0.39, 0.29) is 5.56 Å². The van der Waals surface area contributed by atoms with Crippen molar-refractivity contribution >= 4 is 54.9 Å². The van der Waals surface area contributed by atoms with Gasteiger partial charge in [-0.15, -0.1) is 0 Å². The van der Waals surface area contributed by atoms with Crippen molar-refractivity contribution < 1.29 is 9.53 Å². The van der Waals surface area contributed by atoms with E-state index in [1.165, 1.54) is 10.9 Å². The highest BCUT2D eigenvalue weighted by Gasteiger charge is 2.14. The van der Waals surface area contributed by atoms with Gasteiger partial charge in [0.05, 0.1) is 22.7 Å². The van der Waals surface area contributed by atoms with Crippen LogP contribution >= 0.6 is 31.9 Å². The van der Waals surface area contributed by atoms with Crippen LogP contribution in [0, 0.1) is 6.92 Å². The average molecular weight is 617 g/mol. The Balaban J connectivity index is 1.59. The number of esters is 1. The molecular weight excluding hydrogens is 598 g/mol. The summed E-state index contributed by atoms with van der Waals surface area (Å²) in [7, 11) is 0. The molecule has 5 aromatic rings. The van der Waals surface area contributed by atoms with Gasteiger partial charge in [-0.05, 0) is 61.5 Å². The summed E-state index contributed by atoms with van der Waals surface area (Å²) in [5.74, 6) is 0.215. The molecule has 0 N–H and O–H groups in total. The summed E-state index contributed by atoms with van der Waals surface area (Å²) in [6.45, 7) is 1.91. The fraction of sp³-hybridized carbons (Fsp3) is 0.0345. The molecule has 0 atom stereocenters. The van der Waals surface area contributed by atoms with E-state index in [0.29, 0.717) is 33.6 Å². The Kier molecular flexibility index (Phi) is 7.12. The van der Waals surface area contributed by atoms with Crippen molar-refractivity contribution in [1.29, 1.82) is 0 Å². The smallest absolute Gasteiger partial charge is 0.343 e. The Labute approximate surface area is 229 Å². The van der Waals surface area contributed by atoms with Gasteiger partial charge in [0.2, 0.25) is 0 Å². The topological polar surface area (TPSA) is 73.5 Å². The van der Waals surface area contributed by atoms with E-state index in [1.807, 2.05) is 43.3 Å². The molecule has 0 aliphatic rings. The SMILES string of the molecule is Cc1cccc(C(=O)Oc2ccc(Br)cc2C=Nn2c(-c3ccc(Br)cc3)nc3ccccc3c2=O)c1. The van der Waals surface area contributed by atoms with Crippen LogP contribution < -0.4 is 10.3 Å². The van der Waals surface area contributed by atoms with E-state index in [9.17, 15) is 9.59 Å². The lowest BCUT2D eigenvalue weighted by molar-refractivity contribution is 0.0734. The number of carbonyl (C=O) groups is 1. The zero-order valence-corrected chi connectivity index (χ0v) is 22.7. The summed E-state index contributed by atoms with van der Waals surface area (Å²) in [4.78, 5) is 31.0. The Hall–Kier alpha value is -3.88. The van der Waals surface area contributed by atoms with Gasteiger partial charge >= 0.3 is 5.97 Å². The molecule has 0 radical (unpaired) electrons. The van der Waals surface area contributed by atoms with Crippen LogP contribution in [0.5, 0.6) is 5.75 Å². The summed E-state index contributed by atoms with van der Waals surface area (Å²) in [6.07, 6.45) is 1.49. The van der Waals surface area contributed by atoms with Gasteiger partial charge in [0.15, 0.2) is 5.82 Å². The van der Waals surface area contributed by atoms with Gasteiger partial charge in [0.25, 0.3) is 5.56 Å². The van der Waals surface area contributed by atoms with Crippen molar-refractivity contribution in [1.82, 2.24) is 9.66 Å². The van der Waals surface area contributed by atoms with Crippen molar-refractivity contribution in [3.05, 3.63) is 127 Å². The molecule has 0 amide bonds. The highest BCUT2D eigenvalue weighted by Crippen LogP contribution is 2.25. The number of carbonyl (C=O) groups excluding carboxylic acids is 1. The summed E-state index contributed by atoms with van der Waals surface area (Å²) >= 11 is 6.90. The largest absolute Gasteiger partial charge is 0.422 e. The maximum Gasteiger partial charge on any atom is 0.343 e. The molecule has 0 spiro atoms. The zero-order valence-electron chi connectivity index (χ0n) is 19.6. The van der Waals surface area contributed by atoms with Crippen molar-refractivity contribution in [2.75, 3.05) is 0 Å². The maximum absolute atomic E-state index is 13.5. The molecule has 1 heterocycles. The quantitative estimate of drug-likeness (QED) is 0.121. The number of nitrogens with zero attached hydrogens (tertiary/aromatic N) is 3. The van der Waals surface area contributed by atoms with Gasteiger partial charge in [0, 0.05) is 20.1 Å².